The van der Waals surface area contributed by atoms with Gasteiger partial charge in [0.1, 0.15) is 0 Å². The zero-order chi connectivity index (χ0) is 10.7. The van der Waals surface area contributed by atoms with Crippen LogP contribution in [0.5, 0.6) is 0 Å². The van der Waals surface area contributed by atoms with Crippen molar-refractivity contribution >= 4 is 0 Å². The van der Waals surface area contributed by atoms with E-state index in [2.05, 4.69) is 31.3 Å². The average molecular weight is 209 g/mol. The van der Waals surface area contributed by atoms with Crippen molar-refractivity contribution in [2.75, 3.05) is 19.7 Å². The van der Waals surface area contributed by atoms with Gasteiger partial charge < -0.3 is 10.1 Å². The minimum absolute atomic E-state index is 0.359. The second kappa shape index (κ2) is 5.13. The molecule has 2 heteroatoms. The van der Waals surface area contributed by atoms with E-state index in [0.29, 0.717) is 6.10 Å². The van der Waals surface area contributed by atoms with E-state index >= 15 is 0 Å². The zero-order valence-corrected chi connectivity index (χ0v) is 9.91. The highest BCUT2D eigenvalue weighted by Crippen LogP contribution is 2.42. The predicted octanol–water partition coefficient (Wildman–Crippen LogP) is 2.21. The number of hydrogen-bond donors (Lipinski definition) is 1. The normalized spacial score (nSPS) is 33.1. The average Bonchev–Trinajstić information content (AvgIpc) is 2.78. The summed E-state index contributed by atoms with van der Waals surface area (Å²) in [6.07, 6.45) is 8.00. The van der Waals surface area contributed by atoms with Gasteiger partial charge in [0.15, 0.2) is 0 Å². The van der Waals surface area contributed by atoms with Crippen LogP contribution >= 0.6 is 0 Å². The first-order chi connectivity index (χ1) is 7.25. The molecule has 2 nitrogen and oxygen atoms in total. The van der Waals surface area contributed by atoms with Crippen molar-refractivity contribution in [3.05, 3.63) is 12.2 Å². The SMILES string of the molecule is CC(C)OCCNCC1CC2C=CC1C2. The smallest absolute Gasteiger partial charge is 0.0594 e. The van der Waals surface area contributed by atoms with Crippen molar-refractivity contribution in [1.82, 2.24) is 5.32 Å². The summed E-state index contributed by atoms with van der Waals surface area (Å²) in [6.45, 7) is 7.18. The molecule has 0 aliphatic heterocycles. The van der Waals surface area contributed by atoms with Crippen molar-refractivity contribution < 1.29 is 4.74 Å². The molecule has 15 heavy (non-hydrogen) atoms. The minimum atomic E-state index is 0.359. The maximum absolute atomic E-state index is 5.49. The Labute approximate surface area is 93.1 Å². The molecule has 0 spiro atoms. The summed E-state index contributed by atoms with van der Waals surface area (Å²) in [5.41, 5.74) is 0. The molecule has 2 aliphatic carbocycles. The van der Waals surface area contributed by atoms with Gasteiger partial charge in [0, 0.05) is 6.54 Å². The molecule has 0 radical (unpaired) electrons. The maximum Gasteiger partial charge on any atom is 0.0594 e. The molecule has 2 aliphatic rings. The van der Waals surface area contributed by atoms with Crippen molar-refractivity contribution in [3.8, 4) is 0 Å². The summed E-state index contributed by atoms with van der Waals surface area (Å²) >= 11 is 0. The van der Waals surface area contributed by atoms with Crippen LogP contribution in [0.25, 0.3) is 0 Å². The molecule has 2 bridgehead atoms. The number of fused-ring (bicyclic) bond motifs is 2. The van der Waals surface area contributed by atoms with Gasteiger partial charge in [-0.25, -0.2) is 0 Å². The number of rotatable bonds is 6. The number of allylic oxidation sites excluding steroid dienone is 2. The lowest BCUT2D eigenvalue weighted by atomic mass is 9.94. The molecule has 2 rings (SSSR count). The Morgan fingerprint density at radius 3 is 2.80 bits per heavy atom. The standard InChI is InChI=1S/C13H23NO/c1-10(2)15-6-5-14-9-13-8-11-3-4-12(13)7-11/h3-4,10-14H,5-9H2,1-2H3. The van der Waals surface area contributed by atoms with Gasteiger partial charge in [-0.2, -0.15) is 0 Å². The van der Waals surface area contributed by atoms with E-state index in [0.717, 1.165) is 30.9 Å². The van der Waals surface area contributed by atoms with Crippen LogP contribution in [-0.4, -0.2) is 25.8 Å². The second-order valence-corrected chi connectivity index (χ2v) is 5.16. The third-order valence-corrected chi connectivity index (χ3v) is 3.55. The first-order valence-electron chi connectivity index (χ1n) is 6.26. The van der Waals surface area contributed by atoms with Crippen molar-refractivity contribution in [3.63, 3.8) is 0 Å². The molecule has 0 heterocycles. The monoisotopic (exact) mass is 209 g/mol. The van der Waals surface area contributed by atoms with E-state index in [-0.39, 0.29) is 0 Å². The van der Waals surface area contributed by atoms with Crippen LogP contribution in [0.3, 0.4) is 0 Å². The second-order valence-electron chi connectivity index (χ2n) is 5.16. The van der Waals surface area contributed by atoms with E-state index in [9.17, 15) is 0 Å². The van der Waals surface area contributed by atoms with Crippen molar-refractivity contribution in [1.29, 1.82) is 0 Å². The first-order valence-corrected chi connectivity index (χ1v) is 6.26. The Balaban J connectivity index is 1.54. The number of ether oxygens (including phenoxy) is 1. The topological polar surface area (TPSA) is 21.3 Å². The summed E-state index contributed by atoms with van der Waals surface area (Å²) in [5, 5.41) is 3.51. The maximum atomic E-state index is 5.49. The van der Waals surface area contributed by atoms with Crippen LogP contribution in [-0.2, 0) is 4.74 Å². The number of nitrogens with one attached hydrogen (secondary N) is 1. The van der Waals surface area contributed by atoms with Crippen LogP contribution in [0.2, 0.25) is 0 Å². The molecule has 3 unspecified atom stereocenters. The van der Waals surface area contributed by atoms with E-state index in [1.54, 1.807) is 0 Å². The summed E-state index contributed by atoms with van der Waals surface area (Å²) in [6, 6.07) is 0. The summed E-state index contributed by atoms with van der Waals surface area (Å²) in [4.78, 5) is 0. The molecule has 0 aromatic rings. The quantitative estimate of drug-likeness (QED) is 0.535. The van der Waals surface area contributed by atoms with Gasteiger partial charge in [-0.15, -0.1) is 0 Å². The first kappa shape index (κ1) is 11.2. The Kier molecular flexibility index (Phi) is 3.81. The Morgan fingerprint density at radius 1 is 1.33 bits per heavy atom. The molecule has 86 valence electrons. The van der Waals surface area contributed by atoms with Gasteiger partial charge in [0.2, 0.25) is 0 Å². The van der Waals surface area contributed by atoms with Crippen LogP contribution in [0.15, 0.2) is 12.2 Å². The summed E-state index contributed by atoms with van der Waals surface area (Å²) in [5.74, 6) is 2.65. The van der Waals surface area contributed by atoms with Gasteiger partial charge in [0.25, 0.3) is 0 Å². The molecule has 1 fully saturated rings. The molecular weight excluding hydrogens is 186 g/mol. The molecule has 3 atom stereocenters. The zero-order valence-electron chi connectivity index (χ0n) is 9.91. The fraction of sp³-hybridized carbons (Fsp3) is 0.846. The molecule has 0 amide bonds. The molecule has 0 aromatic carbocycles. The van der Waals surface area contributed by atoms with E-state index in [1.165, 1.54) is 19.4 Å². The Bertz CT molecular complexity index is 225. The van der Waals surface area contributed by atoms with Gasteiger partial charge >= 0.3 is 0 Å². The van der Waals surface area contributed by atoms with Gasteiger partial charge in [-0.1, -0.05) is 12.2 Å². The van der Waals surface area contributed by atoms with E-state index < -0.39 is 0 Å². The lowest BCUT2D eigenvalue weighted by molar-refractivity contribution is 0.0802. The lowest BCUT2D eigenvalue weighted by Crippen LogP contribution is -2.28. The Morgan fingerprint density at radius 2 is 2.20 bits per heavy atom. The minimum Gasteiger partial charge on any atom is -0.377 e. The Hall–Kier alpha value is -0.340. The summed E-state index contributed by atoms with van der Waals surface area (Å²) < 4.78 is 5.49. The summed E-state index contributed by atoms with van der Waals surface area (Å²) in [7, 11) is 0. The predicted molar refractivity (Wildman–Crippen MR) is 62.8 cm³/mol. The fourth-order valence-electron chi connectivity index (χ4n) is 2.78. The highest BCUT2D eigenvalue weighted by atomic mass is 16.5. The molecule has 0 aromatic heterocycles. The van der Waals surface area contributed by atoms with Crippen molar-refractivity contribution in [2.24, 2.45) is 17.8 Å². The van der Waals surface area contributed by atoms with Gasteiger partial charge in [0.05, 0.1) is 12.7 Å². The van der Waals surface area contributed by atoms with Crippen LogP contribution < -0.4 is 5.32 Å². The highest BCUT2D eigenvalue weighted by Gasteiger charge is 2.34. The van der Waals surface area contributed by atoms with Gasteiger partial charge in [-0.05, 0) is 51.0 Å². The fourth-order valence-corrected chi connectivity index (χ4v) is 2.78. The molecule has 1 saturated carbocycles. The third kappa shape index (κ3) is 3.05. The van der Waals surface area contributed by atoms with E-state index in [4.69, 9.17) is 4.74 Å². The van der Waals surface area contributed by atoms with E-state index in [1.807, 2.05) is 0 Å². The van der Waals surface area contributed by atoms with Gasteiger partial charge in [-0.3, -0.25) is 0 Å². The largest absolute Gasteiger partial charge is 0.377 e. The van der Waals surface area contributed by atoms with Crippen LogP contribution in [0, 0.1) is 17.8 Å². The van der Waals surface area contributed by atoms with Crippen molar-refractivity contribution in [2.45, 2.75) is 32.8 Å². The third-order valence-electron chi connectivity index (χ3n) is 3.55. The lowest BCUT2D eigenvalue weighted by Gasteiger charge is -2.18. The molecule has 1 N–H and O–H groups in total. The van der Waals surface area contributed by atoms with Crippen LogP contribution in [0.4, 0.5) is 0 Å². The highest BCUT2D eigenvalue weighted by molar-refractivity contribution is 5.10. The number of hydrogen-bond acceptors (Lipinski definition) is 2. The molecular formula is C13H23NO. The van der Waals surface area contributed by atoms with Crippen LogP contribution in [0.1, 0.15) is 26.7 Å². The molecule has 0 saturated heterocycles.